The molecule has 1 atom stereocenters. The Morgan fingerprint density at radius 3 is 2.41 bits per heavy atom. The highest BCUT2D eigenvalue weighted by Gasteiger charge is 2.36. The van der Waals surface area contributed by atoms with E-state index in [-0.39, 0.29) is 38.1 Å². The van der Waals surface area contributed by atoms with E-state index in [1.54, 1.807) is 36.1 Å². The normalized spacial score (nSPS) is 14.6. The van der Waals surface area contributed by atoms with Gasteiger partial charge in [0.2, 0.25) is 0 Å². The number of halogens is 6. The van der Waals surface area contributed by atoms with Crippen molar-refractivity contribution in [2.45, 2.75) is 45.0 Å². The van der Waals surface area contributed by atoms with Gasteiger partial charge in [-0.3, -0.25) is 9.48 Å². The van der Waals surface area contributed by atoms with Crippen molar-refractivity contribution in [1.82, 2.24) is 25.3 Å². The van der Waals surface area contributed by atoms with Crippen LogP contribution in [0.4, 0.5) is 32.4 Å². The quantitative estimate of drug-likeness (QED) is 0.311. The van der Waals surface area contributed by atoms with E-state index in [0.717, 1.165) is 18.2 Å². The summed E-state index contributed by atoms with van der Waals surface area (Å²) in [5.41, 5.74) is 6.37. The molecule has 41 heavy (non-hydrogen) atoms. The maximum absolute atomic E-state index is 13.2. The molecule has 0 saturated carbocycles. The molecule has 0 unspecified atom stereocenters. The van der Waals surface area contributed by atoms with Gasteiger partial charge in [0.1, 0.15) is 0 Å². The smallest absolute Gasteiger partial charge is 0.399 e. The summed E-state index contributed by atoms with van der Waals surface area (Å²) in [7, 11) is 0. The molecule has 15 heteroatoms. The molecule has 4 aromatic rings. The molecular weight excluding hydrogens is 556 g/mol. The zero-order valence-electron chi connectivity index (χ0n) is 21.4. The van der Waals surface area contributed by atoms with Crippen LogP contribution < -0.4 is 16.0 Å². The van der Waals surface area contributed by atoms with Crippen molar-refractivity contribution in [1.29, 1.82) is 0 Å². The van der Waals surface area contributed by atoms with Gasteiger partial charge in [-0.1, -0.05) is 35.4 Å². The maximum atomic E-state index is 13.2. The van der Waals surface area contributed by atoms with Gasteiger partial charge in [0, 0.05) is 13.1 Å². The molecule has 2 aromatic carbocycles. The number of nitrogens with zero attached hydrogens (tertiary/aromatic N) is 5. The van der Waals surface area contributed by atoms with Crippen molar-refractivity contribution < 1.29 is 35.6 Å². The number of alkyl halides is 6. The maximum Gasteiger partial charge on any atom is 0.435 e. The Labute approximate surface area is 228 Å². The molecule has 3 heterocycles. The van der Waals surface area contributed by atoms with Crippen molar-refractivity contribution in [2.24, 2.45) is 5.73 Å². The number of anilines is 1. The van der Waals surface area contributed by atoms with Crippen LogP contribution >= 0.6 is 0 Å². The lowest BCUT2D eigenvalue weighted by molar-refractivity contribution is -0.141. The standard InChI is InChI=1S/C26H23F6N7O2/c1-14(15-2-4-16(5-3-15)20-10-18(25(27,28)29)7-6-17(20)12-33)34-22(40)23-35-36-24(41-23)38-8-9-39-19(13-38)11-21(37-39)26(30,31)32/h2-7,10-11,14H,8-9,12-13,33H2,1H3,(H,34,40)/t14-/m1/s1. The molecule has 9 nitrogen and oxygen atoms in total. The number of benzene rings is 2. The molecule has 0 saturated heterocycles. The second-order valence-corrected chi connectivity index (χ2v) is 9.44. The fourth-order valence-electron chi connectivity index (χ4n) is 4.50. The Balaban J connectivity index is 1.25. The zero-order chi connectivity index (χ0) is 29.5. The van der Waals surface area contributed by atoms with E-state index in [1.165, 1.54) is 10.7 Å². The van der Waals surface area contributed by atoms with Crippen LogP contribution in [0.25, 0.3) is 11.1 Å². The number of aromatic nitrogens is 4. The number of carbonyl (C=O) groups excluding carboxylic acids is 1. The average Bonchev–Trinajstić information content (AvgIpc) is 3.60. The average molecular weight is 580 g/mol. The van der Waals surface area contributed by atoms with E-state index in [2.05, 4.69) is 20.6 Å². The number of amides is 1. The third kappa shape index (κ3) is 5.89. The number of carbonyl (C=O) groups is 1. The first kappa shape index (κ1) is 28.1. The van der Waals surface area contributed by atoms with Crippen molar-refractivity contribution in [2.75, 3.05) is 11.4 Å². The molecule has 0 fully saturated rings. The van der Waals surface area contributed by atoms with Gasteiger partial charge in [0.15, 0.2) is 5.69 Å². The number of rotatable bonds is 6. The van der Waals surface area contributed by atoms with Crippen molar-refractivity contribution in [3.8, 4) is 11.1 Å². The Hall–Kier alpha value is -4.40. The van der Waals surface area contributed by atoms with Gasteiger partial charge < -0.3 is 20.4 Å². The molecule has 1 aliphatic rings. The minimum atomic E-state index is -4.56. The number of hydrogen-bond acceptors (Lipinski definition) is 7. The number of nitrogens with one attached hydrogen (secondary N) is 1. The third-order valence-electron chi connectivity index (χ3n) is 6.69. The first-order chi connectivity index (χ1) is 19.3. The van der Waals surface area contributed by atoms with Crippen molar-refractivity contribution >= 4 is 11.9 Å². The highest BCUT2D eigenvalue weighted by atomic mass is 19.4. The number of fused-ring (bicyclic) bond motifs is 1. The monoisotopic (exact) mass is 579 g/mol. The lowest BCUT2D eigenvalue weighted by atomic mass is 9.95. The van der Waals surface area contributed by atoms with E-state index >= 15 is 0 Å². The topological polar surface area (TPSA) is 115 Å². The van der Waals surface area contributed by atoms with Crippen LogP contribution in [0.15, 0.2) is 52.9 Å². The first-order valence-electron chi connectivity index (χ1n) is 12.4. The minimum absolute atomic E-state index is 0.0232. The molecule has 2 aromatic heterocycles. The van der Waals surface area contributed by atoms with Crippen LogP contribution in [-0.2, 0) is 32.0 Å². The summed E-state index contributed by atoms with van der Waals surface area (Å²) in [6.07, 6.45) is -9.06. The van der Waals surface area contributed by atoms with E-state index in [1.807, 2.05) is 0 Å². The van der Waals surface area contributed by atoms with Crippen LogP contribution in [0, 0.1) is 0 Å². The first-order valence-corrected chi connectivity index (χ1v) is 12.4. The molecule has 0 bridgehead atoms. The Bertz CT molecular complexity index is 1560. The van der Waals surface area contributed by atoms with Crippen LogP contribution in [0.2, 0.25) is 0 Å². The van der Waals surface area contributed by atoms with E-state index in [0.29, 0.717) is 27.9 Å². The molecule has 0 spiro atoms. The Kier molecular flexibility index (Phi) is 7.23. The molecule has 1 amide bonds. The molecular formula is C26H23F6N7O2. The molecule has 0 radical (unpaired) electrons. The highest BCUT2D eigenvalue weighted by Crippen LogP contribution is 2.35. The molecule has 5 rings (SSSR count). The van der Waals surface area contributed by atoms with Crippen LogP contribution in [0.1, 0.15) is 51.7 Å². The second kappa shape index (κ2) is 10.5. The van der Waals surface area contributed by atoms with Gasteiger partial charge in [0.05, 0.1) is 30.4 Å². The Morgan fingerprint density at radius 2 is 1.76 bits per heavy atom. The van der Waals surface area contributed by atoms with Crippen LogP contribution in [-0.4, -0.2) is 32.4 Å². The second-order valence-electron chi connectivity index (χ2n) is 9.44. The SMILES string of the molecule is C[C@@H](NC(=O)c1nnc(N2CCn3nc(C(F)(F)F)cc3C2)o1)c1ccc(-c2cc(C(F)(F)F)ccc2CN)cc1. The van der Waals surface area contributed by atoms with Gasteiger partial charge in [-0.25, -0.2) is 0 Å². The minimum Gasteiger partial charge on any atom is -0.399 e. The summed E-state index contributed by atoms with van der Waals surface area (Å²) in [6, 6.07) is 10.4. The lowest BCUT2D eigenvalue weighted by Gasteiger charge is -2.25. The summed E-state index contributed by atoms with van der Waals surface area (Å²) >= 11 is 0. The molecule has 216 valence electrons. The lowest BCUT2D eigenvalue weighted by Crippen LogP contribution is -2.34. The summed E-state index contributed by atoms with van der Waals surface area (Å²) in [4.78, 5) is 14.3. The van der Waals surface area contributed by atoms with E-state index in [4.69, 9.17) is 10.2 Å². The Morgan fingerprint density at radius 1 is 1.02 bits per heavy atom. The van der Waals surface area contributed by atoms with Gasteiger partial charge in [-0.15, -0.1) is 5.10 Å². The summed E-state index contributed by atoms with van der Waals surface area (Å²) in [5.74, 6) is -1.01. The fraction of sp³-hybridized carbons (Fsp3) is 0.308. The van der Waals surface area contributed by atoms with Crippen molar-refractivity contribution in [3.05, 3.63) is 82.5 Å². The van der Waals surface area contributed by atoms with Gasteiger partial charge >= 0.3 is 30.2 Å². The van der Waals surface area contributed by atoms with Crippen LogP contribution in [0.3, 0.4) is 0 Å². The van der Waals surface area contributed by atoms with E-state index < -0.39 is 35.6 Å². The highest BCUT2D eigenvalue weighted by molar-refractivity contribution is 5.89. The van der Waals surface area contributed by atoms with Gasteiger partial charge in [0.25, 0.3) is 0 Å². The zero-order valence-corrected chi connectivity index (χ0v) is 21.4. The van der Waals surface area contributed by atoms with Gasteiger partial charge in [-0.05, 0) is 47.4 Å². The summed E-state index contributed by atoms with van der Waals surface area (Å²) < 4.78 is 85.4. The predicted molar refractivity (Wildman–Crippen MR) is 133 cm³/mol. The number of nitrogens with two attached hydrogens (primary N) is 1. The summed E-state index contributed by atoms with van der Waals surface area (Å²) in [6.45, 7) is 2.20. The predicted octanol–water partition coefficient (Wildman–Crippen LogP) is 4.94. The fourth-order valence-corrected chi connectivity index (χ4v) is 4.50. The molecule has 3 N–H and O–H groups in total. The van der Waals surface area contributed by atoms with E-state index in [9.17, 15) is 31.1 Å². The third-order valence-corrected chi connectivity index (χ3v) is 6.69. The molecule has 0 aliphatic carbocycles. The van der Waals surface area contributed by atoms with Gasteiger partial charge in [-0.2, -0.15) is 31.4 Å². The van der Waals surface area contributed by atoms with Crippen molar-refractivity contribution in [3.63, 3.8) is 0 Å². The largest absolute Gasteiger partial charge is 0.435 e. The summed E-state index contributed by atoms with van der Waals surface area (Å²) in [5, 5.41) is 13.9. The number of hydrogen-bond donors (Lipinski definition) is 2. The molecule has 1 aliphatic heterocycles. The van der Waals surface area contributed by atoms with Crippen LogP contribution in [0.5, 0.6) is 0 Å².